The molecule has 1 aliphatic heterocycles. The van der Waals surface area contributed by atoms with Gasteiger partial charge in [0, 0.05) is 38.9 Å². The summed E-state index contributed by atoms with van der Waals surface area (Å²) >= 11 is 0. The average Bonchev–Trinajstić information content (AvgIpc) is 2.77. The Kier molecular flexibility index (Phi) is 5.26. The first-order valence-corrected chi connectivity index (χ1v) is 9.45. The maximum Gasteiger partial charge on any atom is 0.295 e. The van der Waals surface area contributed by atoms with Crippen molar-refractivity contribution >= 4 is 22.9 Å². The van der Waals surface area contributed by atoms with E-state index in [1.165, 1.54) is 9.47 Å². The highest BCUT2D eigenvalue weighted by Crippen LogP contribution is 2.17. The van der Waals surface area contributed by atoms with E-state index < -0.39 is 17.5 Å². The first kappa shape index (κ1) is 19.7. The summed E-state index contributed by atoms with van der Waals surface area (Å²) in [6.45, 7) is 5.17. The predicted octanol–water partition coefficient (Wildman–Crippen LogP) is 2.22. The molecule has 30 heavy (non-hydrogen) atoms. The molecule has 7 nitrogen and oxygen atoms in total. The molecule has 1 saturated heterocycles. The molecule has 154 valence electrons. The fraction of sp³-hybridized carbons (Fsp3) is 0.238. The van der Waals surface area contributed by atoms with Gasteiger partial charge < -0.3 is 9.80 Å². The number of allylic oxidation sites excluding steroid dienone is 1. The van der Waals surface area contributed by atoms with Gasteiger partial charge >= 0.3 is 0 Å². The van der Waals surface area contributed by atoms with Gasteiger partial charge in [0.1, 0.15) is 17.2 Å². The summed E-state index contributed by atoms with van der Waals surface area (Å²) in [5, 5.41) is 0. The normalized spacial score (nSPS) is 14.2. The lowest BCUT2D eigenvalue weighted by molar-refractivity contribution is 0.0741. The Bertz CT molecular complexity index is 1190. The van der Waals surface area contributed by atoms with E-state index in [1.807, 2.05) is 0 Å². The van der Waals surface area contributed by atoms with Crippen molar-refractivity contribution in [2.45, 2.75) is 6.54 Å². The number of fused-ring (bicyclic) bond motifs is 1. The van der Waals surface area contributed by atoms with Crippen molar-refractivity contribution in [1.82, 2.24) is 19.4 Å². The van der Waals surface area contributed by atoms with Crippen LogP contribution in [0.2, 0.25) is 0 Å². The van der Waals surface area contributed by atoms with Gasteiger partial charge in [0.25, 0.3) is 11.5 Å². The molecule has 2 aromatic heterocycles. The highest BCUT2D eigenvalue weighted by atomic mass is 19.1. The molecule has 0 bridgehead atoms. The molecule has 0 radical (unpaired) electrons. The van der Waals surface area contributed by atoms with E-state index in [0.717, 1.165) is 18.2 Å². The van der Waals surface area contributed by atoms with Crippen LogP contribution in [0.25, 0.3) is 11.2 Å². The first-order chi connectivity index (χ1) is 14.5. The number of hydrogen-bond acceptors (Lipinski definition) is 5. The minimum atomic E-state index is -0.764. The molecular formula is C21H19F2N5O2. The van der Waals surface area contributed by atoms with E-state index in [-0.39, 0.29) is 30.0 Å². The number of halogens is 2. The van der Waals surface area contributed by atoms with Crippen molar-refractivity contribution in [3.05, 3.63) is 76.7 Å². The van der Waals surface area contributed by atoms with Crippen molar-refractivity contribution in [3.63, 3.8) is 0 Å². The second-order valence-electron chi connectivity index (χ2n) is 6.89. The summed E-state index contributed by atoms with van der Waals surface area (Å²) in [6.07, 6.45) is 3.21. The van der Waals surface area contributed by atoms with Crippen LogP contribution >= 0.6 is 0 Å². The van der Waals surface area contributed by atoms with E-state index in [0.29, 0.717) is 30.8 Å². The fourth-order valence-electron chi connectivity index (χ4n) is 3.52. The number of hydrogen-bond donors (Lipinski definition) is 0. The smallest absolute Gasteiger partial charge is 0.295 e. The monoisotopic (exact) mass is 411 g/mol. The molecule has 1 fully saturated rings. The number of piperazine rings is 1. The van der Waals surface area contributed by atoms with Gasteiger partial charge in [0.15, 0.2) is 11.5 Å². The van der Waals surface area contributed by atoms with Crippen LogP contribution in [0.4, 0.5) is 14.6 Å². The van der Waals surface area contributed by atoms with E-state index in [4.69, 9.17) is 0 Å². The molecule has 4 rings (SSSR count). The van der Waals surface area contributed by atoms with Crippen LogP contribution in [0.15, 0.2) is 54.0 Å². The highest BCUT2D eigenvalue weighted by molar-refractivity contribution is 5.94. The zero-order chi connectivity index (χ0) is 21.3. The number of rotatable bonds is 4. The standard InChI is InChI=1S/C21H19F2N5O2/c1-2-8-28-18-17(4-3-7-24-18)25-19(21(28)30)26-9-11-27(12-10-26)20(29)15-13-14(22)5-6-16(15)23/h2-7,13H,1,8-12H2. The Morgan fingerprint density at radius 1 is 1.17 bits per heavy atom. The number of aromatic nitrogens is 3. The third-order valence-electron chi connectivity index (χ3n) is 5.02. The maximum absolute atomic E-state index is 13.9. The summed E-state index contributed by atoms with van der Waals surface area (Å²) in [4.78, 5) is 37.5. The lowest BCUT2D eigenvalue weighted by Crippen LogP contribution is -2.50. The molecule has 0 saturated carbocycles. The highest BCUT2D eigenvalue weighted by Gasteiger charge is 2.27. The van der Waals surface area contributed by atoms with Crippen LogP contribution in [-0.4, -0.2) is 51.5 Å². The topological polar surface area (TPSA) is 71.3 Å². The molecule has 0 spiro atoms. The van der Waals surface area contributed by atoms with Gasteiger partial charge in [-0.15, -0.1) is 6.58 Å². The van der Waals surface area contributed by atoms with Crippen LogP contribution < -0.4 is 10.5 Å². The van der Waals surface area contributed by atoms with Crippen molar-refractivity contribution in [2.75, 3.05) is 31.1 Å². The number of nitrogens with zero attached hydrogens (tertiary/aromatic N) is 5. The van der Waals surface area contributed by atoms with Crippen LogP contribution in [0, 0.1) is 11.6 Å². The van der Waals surface area contributed by atoms with Crippen molar-refractivity contribution < 1.29 is 13.6 Å². The van der Waals surface area contributed by atoms with Crippen molar-refractivity contribution in [3.8, 4) is 0 Å². The van der Waals surface area contributed by atoms with E-state index in [9.17, 15) is 18.4 Å². The van der Waals surface area contributed by atoms with Gasteiger partial charge in [-0.1, -0.05) is 6.08 Å². The molecule has 0 aliphatic carbocycles. The van der Waals surface area contributed by atoms with Crippen LogP contribution in [0.5, 0.6) is 0 Å². The third-order valence-corrected chi connectivity index (χ3v) is 5.02. The minimum Gasteiger partial charge on any atom is -0.348 e. The van der Waals surface area contributed by atoms with Crippen molar-refractivity contribution in [1.29, 1.82) is 0 Å². The third kappa shape index (κ3) is 3.54. The molecule has 9 heteroatoms. The Balaban J connectivity index is 1.58. The number of carbonyl (C=O) groups is 1. The minimum absolute atomic E-state index is 0.252. The molecule has 1 aliphatic rings. The largest absolute Gasteiger partial charge is 0.348 e. The molecule has 1 aromatic carbocycles. The SMILES string of the molecule is C=CCn1c(=O)c(N2CCN(C(=O)c3cc(F)ccc3F)CC2)nc2cccnc21. The summed E-state index contributed by atoms with van der Waals surface area (Å²) in [5.74, 6) is -1.75. The van der Waals surface area contributed by atoms with Crippen LogP contribution in [0.3, 0.4) is 0 Å². The zero-order valence-corrected chi connectivity index (χ0v) is 16.1. The number of pyridine rings is 1. The molecule has 3 aromatic rings. The number of amides is 1. The quantitative estimate of drug-likeness (QED) is 0.616. The lowest BCUT2D eigenvalue weighted by Gasteiger charge is -2.35. The molecule has 3 heterocycles. The second kappa shape index (κ2) is 8.02. The average molecular weight is 411 g/mol. The van der Waals surface area contributed by atoms with E-state index >= 15 is 0 Å². The van der Waals surface area contributed by atoms with E-state index in [2.05, 4.69) is 16.5 Å². The Morgan fingerprint density at radius 2 is 1.93 bits per heavy atom. The molecular weight excluding hydrogens is 392 g/mol. The zero-order valence-electron chi connectivity index (χ0n) is 16.1. The lowest BCUT2D eigenvalue weighted by atomic mass is 10.1. The predicted molar refractivity (Wildman–Crippen MR) is 108 cm³/mol. The van der Waals surface area contributed by atoms with Gasteiger partial charge in [-0.05, 0) is 30.3 Å². The molecule has 1 amide bonds. The summed E-state index contributed by atoms with van der Waals surface area (Å²) < 4.78 is 28.9. The van der Waals surface area contributed by atoms with Crippen molar-refractivity contribution in [2.24, 2.45) is 0 Å². The fourth-order valence-corrected chi connectivity index (χ4v) is 3.52. The Morgan fingerprint density at radius 3 is 2.67 bits per heavy atom. The molecule has 0 unspecified atom stereocenters. The first-order valence-electron chi connectivity index (χ1n) is 9.45. The van der Waals surface area contributed by atoms with Gasteiger partial charge in [0.05, 0.1) is 5.56 Å². The summed E-state index contributed by atoms with van der Waals surface area (Å²) in [7, 11) is 0. The van der Waals surface area contributed by atoms with Gasteiger partial charge in [-0.3, -0.25) is 14.2 Å². The second-order valence-corrected chi connectivity index (χ2v) is 6.89. The van der Waals surface area contributed by atoms with Gasteiger partial charge in [0.2, 0.25) is 0 Å². The number of anilines is 1. The number of benzene rings is 1. The maximum atomic E-state index is 13.9. The van der Waals surface area contributed by atoms with Gasteiger partial charge in [-0.25, -0.2) is 18.7 Å². The summed E-state index contributed by atoms with van der Waals surface area (Å²) in [6, 6.07) is 6.33. The Labute approximate surface area is 170 Å². The Hall–Kier alpha value is -3.62. The van der Waals surface area contributed by atoms with Gasteiger partial charge in [-0.2, -0.15) is 0 Å². The van der Waals surface area contributed by atoms with E-state index in [1.54, 1.807) is 29.3 Å². The molecule has 0 atom stereocenters. The van der Waals surface area contributed by atoms with Crippen LogP contribution in [0.1, 0.15) is 10.4 Å². The van der Waals surface area contributed by atoms with Crippen LogP contribution in [-0.2, 0) is 6.54 Å². The summed E-state index contributed by atoms with van der Waals surface area (Å²) in [5.41, 5.74) is 0.458. The number of carbonyl (C=O) groups excluding carboxylic acids is 1. The molecule has 0 N–H and O–H groups in total.